The van der Waals surface area contributed by atoms with Crippen molar-refractivity contribution in [2.45, 2.75) is 65.2 Å². The van der Waals surface area contributed by atoms with Gasteiger partial charge in [0, 0.05) is 12.0 Å². The summed E-state index contributed by atoms with van der Waals surface area (Å²) in [5.41, 5.74) is 13.0. The summed E-state index contributed by atoms with van der Waals surface area (Å²) in [7, 11) is 0. The molecule has 3 aromatic rings. The minimum Gasteiger partial charge on any atom is -0.486 e. The highest BCUT2D eigenvalue weighted by Crippen LogP contribution is 2.36. The number of nitrogens with zero attached hydrogens (tertiary/aromatic N) is 1. The molecule has 1 amide bonds. The Balaban J connectivity index is 1.83. The number of ether oxygens (including phenoxy) is 1. The Hall–Kier alpha value is -4.01. The zero-order chi connectivity index (χ0) is 30.4. The normalized spacial score (nSPS) is 12.5. The number of alkyl halides is 3. The highest BCUT2D eigenvalue weighted by molar-refractivity contribution is 5.97. The standard InChI is InChI=1S/C32H37F3N4O2/c1-20-16-27(17-21(2)29(20)23-10-12-25(13-11-23)31(3,4)5)41-28(14-15-32(33,34)35)22-6-8-24(9-7-22)30(40)38-18-26(36)19-39-37/h6-13,16-17,28,36-37H,14-15,18-19H2,1-5H3,(H,38,40). The van der Waals surface area contributed by atoms with Crippen LogP contribution in [0.3, 0.4) is 0 Å². The van der Waals surface area contributed by atoms with Gasteiger partial charge in [-0.3, -0.25) is 4.79 Å². The molecule has 3 aromatic carbocycles. The predicted octanol–water partition coefficient (Wildman–Crippen LogP) is 8.51. The molecule has 6 nitrogen and oxygen atoms in total. The minimum absolute atomic E-state index is 0.0385. The van der Waals surface area contributed by atoms with Crippen molar-refractivity contribution in [3.8, 4) is 16.9 Å². The van der Waals surface area contributed by atoms with Crippen LogP contribution in [0.15, 0.2) is 65.8 Å². The summed E-state index contributed by atoms with van der Waals surface area (Å²) in [6.45, 7) is 10.3. The molecule has 3 N–H and O–H groups in total. The monoisotopic (exact) mass is 566 g/mol. The van der Waals surface area contributed by atoms with Crippen molar-refractivity contribution in [3.05, 3.63) is 88.5 Å². The highest BCUT2D eigenvalue weighted by Gasteiger charge is 2.30. The Morgan fingerprint density at radius 1 is 0.976 bits per heavy atom. The zero-order valence-electron chi connectivity index (χ0n) is 24.1. The number of carbonyl (C=O) groups is 1. The number of carbonyl (C=O) groups excluding carboxylic acids is 1. The van der Waals surface area contributed by atoms with E-state index >= 15 is 0 Å². The third-order valence-electron chi connectivity index (χ3n) is 6.79. The molecule has 0 bridgehead atoms. The van der Waals surface area contributed by atoms with Crippen molar-refractivity contribution < 1.29 is 22.7 Å². The lowest BCUT2D eigenvalue weighted by Gasteiger charge is -2.23. The second-order valence-electron chi connectivity index (χ2n) is 11.2. The maximum absolute atomic E-state index is 13.2. The maximum Gasteiger partial charge on any atom is 0.389 e. The summed E-state index contributed by atoms with van der Waals surface area (Å²) >= 11 is 0. The molecule has 3 rings (SSSR count). The van der Waals surface area contributed by atoms with Gasteiger partial charge in [-0.05, 0) is 83.3 Å². The van der Waals surface area contributed by atoms with Gasteiger partial charge < -0.3 is 15.5 Å². The van der Waals surface area contributed by atoms with Gasteiger partial charge in [-0.2, -0.15) is 18.3 Å². The number of nitrogens with one attached hydrogen (secondary N) is 3. The van der Waals surface area contributed by atoms with E-state index in [1.165, 1.54) is 17.7 Å². The van der Waals surface area contributed by atoms with E-state index in [1.807, 2.05) is 26.0 Å². The lowest BCUT2D eigenvalue weighted by Crippen LogP contribution is -2.30. The second-order valence-corrected chi connectivity index (χ2v) is 11.2. The second kappa shape index (κ2) is 13.1. The molecule has 0 aliphatic rings. The lowest BCUT2D eigenvalue weighted by atomic mass is 9.85. The van der Waals surface area contributed by atoms with Crippen LogP contribution in [0.5, 0.6) is 5.75 Å². The molecule has 0 heterocycles. The topological polar surface area (TPSA) is 98.4 Å². The van der Waals surface area contributed by atoms with E-state index in [9.17, 15) is 18.0 Å². The van der Waals surface area contributed by atoms with Crippen molar-refractivity contribution in [2.75, 3.05) is 13.1 Å². The first-order valence-electron chi connectivity index (χ1n) is 13.4. The SMILES string of the molecule is Cc1cc(OC(CCC(F)(F)F)c2ccc(C(=O)NCC(=N)CN=N)cc2)cc(C)c1-c1ccc(C(C)(C)C)cc1. The summed E-state index contributed by atoms with van der Waals surface area (Å²) in [6, 6.07) is 18.3. The van der Waals surface area contributed by atoms with E-state index in [4.69, 9.17) is 15.7 Å². The predicted molar refractivity (Wildman–Crippen MR) is 155 cm³/mol. The minimum atomic E-state index is -4.34. The number of hydrogen-bond acceptors (Lipinski definition) is 5. The number of rotatable bonds is 11. The van der Waals surface area contributed by atoms with Crippen molar-refractivity contribution in [1.29, 1.82) is 10.9 Å². The molecule has 218 valence electrons. The fourth-order valence-electron chi connectivity index (χ4n) is 4.63. The molecule has 0 aromatic heterocycles. The Labute approximate surface area is 239 Å². The van der Waals surface area contributed by atoms with Crippen LogP contribution in [-0.4, -0.2) is 30.9 Å². The van der Waals surface area contributed by atoms with Gasteiger partial charge in [0.1, 0.15) is 11.9 Å². The molecule has 41 heavy (non-hydrogen) atoms. The fourth-order valence-corrected chi connectivity index (χ4v) is 4.63. The first kappa shape index (κ1) is 31.5. The fraction of sp³-hybridized carbons (Fsp3) is 0.375. The van der Waals surface area contributed by atoms with Gasteiger partial charge in [0.15, 0.2) is 0 Å². The van der Waals surface area contributed by atoms with Gasteiger partial charge in [0.25, 0.3) is 5.91 Å². The van der Waals surface area contributed by atoms with E-state index in [-0.39, 0.29) is 30.6 Å². The maximum atomic E-state index is 13.2. The molecule has 0 aliphatic carbocycles. The van der Waals surface area contributed by atoms with Crippen LogP contribution >= 0.6 is 0 Å². The third-order valence-corrected chi connectivity index (χ3v) is 6.79. The summed E-state index contributed by atoms with van der Waals surface area (Å²) in [5, 5.41) is 13.3. The summed E-state index contributed by atoms with van der Waals surface area (Å²) < 4.78 is 45.7. The van der Waals surface area contributed by atoms with Crippen LogP contribution in [0.4, 0.5) is 13.2 Å². The third kappa shape index (κ3) is 8.99. The number of benzene rings is 3. The van der Waals surface area contributed by atoms with Gasteiger partial charge in [-0.25, -0.2) is 5.53 Å². The Morgan fingerprint density at radius 2 is 1.56 bits per heavy atom. The number of halogens is 3. The van der Waals surface area contributed by atoms with E-state index in [0.717, 1.165) is 22.3 Å². The molecule has 0 saturated carbocycles. The molecule has 0 radical (unpaired) electrons. The largest absolute Gasteiger partial charge is 0.486 e. The molecule has 0 spiro atoms. The average molecular weight is 567 g/mol. The smallest absolute Gasteiger partial charge is 0.389 e. The van der Waals surface area contributed by atoms with Crippen LogP contribution in [0.25, 0.3) is 11.1 Å². The summed E-state index contributed by atoms with van der Waals surface area (Å²) in [6.07, 6.45) is -6.52. The zero-order valence-corrected chi connectivity index (χ0v) is 24.1. The first-order valence-corrected chi connectivity index (χ1v) is 13.4. The van der Waals surface area contributed by atoms with Gasteiger partial charge in [-0.1, -0.05) is 57.2 Å². The van der Waals surface area contributed by atoms with Crippen molar-refractivity contribution >= 4 is 11.6 Å². The molecular weight excluding hydrogens is 529 g/mol. The van der Waals surface area contributed by atoms with Crippen molar-refractivity contribution in [3.63, 3.8) is 0 Å². The molecule has 1 atom stereocenters. The van der Waals surface area contributed by atoms with Crippen LogP contribution in [0.1, 0.15) is 72.3 Å². The Kier molecular flexibility index (Phi) is 10.1. The summed E-state index contributed by atoms with van der Waals surface area (Å²) in [4.78, 5) is 12.4. The van der Waals surface area contributed by atoms with Gasteiger partial charge in [0.2, 0.25) is 0 Å². The van der Waals surface area contributed by atoms with Crippen LogP contribution in [0.2, 0.25) is 0 Å². The molecular formula is C32H37F3N4O2. The quantitative estimate of drug-likeness (QED) is 0.160. The van der Waals surface area contributed by atoms with E-state index < -0.39 is 24.6 Å². The number of aryl methyl sites for hydroxylation is 2. The highest BCUT2D eigenvalue weighted by atomic mass is 19.4. The summed E-state index contributed by atoms with van der Waals surface area (Å²) in [5.74, 6) is 0.0405. The van der Waals surface area contributed by atoms with Gasteiger partial charge >= 0.3 is 6.18 Å². The van der Waals surface area contributed by atoms with Crippen molar-refractivity contribution in [1.82, 2.24) is 5.32 Å². The van der Waals surface area contributed by atoms with Gasteiger partial charge in [0.05, 0.1) is 18.8 Å². The number of hydrogen-bond donors (Lipinski definition) is 3. The van der Waals surface area contributed by atoms with Crippen LogP contribution in [0, 0.1) is 24.8 Å². The first-order chi connectivity index (χ1) is 19.2. The molecule has 0 fully saturated rings. The Morgan fingerprint density at radius 3 is 2.07 bits per heavy atom. The van der Waals surface area contributed by atoms with E-state index in [1.54, 1.807) is 12.1 Å². The van der Waals surface area contributed by atoms with Crippen LogP contribution < -0.4 is 10.1 Å². The van der Waals surface area contributed by atoms with Crippen LogP contribution in [-0.2, 0) is 5.41 Å². The Bertz CT molecular complexity index is 1350. The molecule has 0 aliphatic heterocycles. The molecule has 9 heteroatoms. The van der Waals surface area contributed by atoms with E-state index in [2.05, 4.69) is 55.5 Å². The van der Waals surface area contributed by atoms with Gasteiger partial charge in [-0.15, -0.1) is 0 Å². The average Bonchev–Trinajstić information content (AvgIpc) is 2.89. The van der Waals surface area contributed by atoms with Crippen molar-refractivity contribution in [2.24, 2.45) is 5.11 Å². The number of amides is 1. The lowest BCUT2D eigenvalue weighted by molar-refractivity contribution is -0.139. The molecule has 1 unspecified atom stereocenters. The molecule has 0 saturated heterocycles. The van der Waals surface area contributed by atoms with E-state index in [0.29, 0.717) is 16.9 Å².